The number of benzene rings is 8. The highest BCUT2D eigenvalue weighted by Crippen LogP contribution is 2.38. The van der Waals surface area contributed by atoms with Crippen LogP contribution in [0.4, 0.5) is 0 Å². The molecule has 0 fully saturated rings. The van der Waals surface area contributed by atoms with Crippen LogP contribution >= 0.6 is 0 Å². The molecule has 10 aromatic rings. The van der Waals surface area contributed by atoms with Gasteiger partial charge in [-0.2, -0.15) is 0 Å². The molecule has 8 aromatic carbocycles. The lowest BCUT2D eigenvalue weighted by Gasteiger charge is -2.13. The minimum atomic E-state index is 0.698. The Morgan fingerprint density at radius 1 is 0.278 bits per heavy atom. The minimum Gasteiger partial charge on any atom is -0.247 e. The van der Waals surface area contributed by atoms with Crippen LogP contribution in [0.1, 0.15) is 0 Å². The van der Waals surface area contributed by atoms with Crippen LogP contribution < -0.4 is 0 Å². The Hall–Kier alpha value is -7.23. The van der Waals surface area contributed by atoms with E-state index >= 15 is 0 Å². The van der Waals surface area contributed by atoms with Crippen molar-refractivity contribution >= 4 is 32.4 Å². The van der Waals surface area contributed by atoms with Gasteiger partial charge in [0.2, 0.25) is 0 Å². The lowest BCUT2D eigenvalue weighted by atomic mass is 9.94. The molecule has 0 unspecified atom stereocenters. The Morgan fingerprint density at radius 2 is 0.815 bits per heavy atom. The van der Waals surface area contributed by atoms with Gasteiger partial charge in [-0.05, 0) is 51.2 Å². The molecule has 3 nitrogen and oxygen atoms in total. The van der Waals surface area contributed by atoms with Crippen LogP contribution in [0.25, 0.3) is 99.9 Å². The zero-order valence-electron chi connectivity index (χ0n) is 29.4. The van der Waals surface area contributed by atoms with Gasteiger partial charge >= 0.3 is 0 Å². The standard InChI is InChI=1S/C51H33N3/c1-3-12-34(13-4-1)35-24-28-40(29-25-35)51-53-47(38-15-5-2-6-16-38)33-48(54-51)42-18-11-17-41(32-42)36-22-26-39(27-23-36)50-45-31-30-37-14-7-8-19-43(37)49(45)44-20-9-10-21-46(44)52-50/h1-33H. The van der Waals surface area contributed by atoms with Crippen molar-refractivity contribution in [3.63, 3.8) is 0 Å². The molecule has 0 amide bonds. The first-order chi connectivity index (χ1) is 26.7. The summed E-state index contributed by atoms with van der Waals surface area (Å²) in [5.41, 5.74) is 12.5. The maximum atomic E-state index is 5.21. The first kappa shape index (κ1) is 31.5. The fourth-order valence-electron chi connectivity index (χ4n) is 7.54. The summed E-state index contributed by atoms with van der Waals surface area (Å²) in [5, 5.41) is 6.06. The van der Waals surface area contributed by atoms with E-state index in [0.29, 0.717) is 5.82 Å². The van der Waals surface area contributed by atoms with Gasteiger partial charge in [0, 0.05) is 38.4 Å². The van der Waals surface area contributed by atoms with Crippen molar-refractivity contribution in [1.29, 1.82) is 0 Å². The molecule has 0 aliphatic carbocycles. The molecule has 54 heavy (non-hydrogen) atoms. The summed E-state index contributed by atoms with van der Waals surface area (Å²) < 4.78 is 0. The second-order valence-corrected chi connectivity index (χ2v) is 13.6. The van der Waals surface area contributed by atoms with Crippen LogP contribution in [0, 0.1) is 0 Å². The van der Waals surface area contributed by atoms with Gasteiger partial charge in [-0.15, -0.1) is 0 Å². The minimum absolute atomic E-state index is 0.698. The average molecular weight is 688 g/mol. The molecule has 0 atom stereocenters. The molecule has 2 heterocycles. The molecule has 0 bridgehead atoms. The monoisotopic (exact) mass is 687 g/mol. The van der Waals surface area contributed by atoms with Gasteiger partial charge in [0.05, 0.1) is 22.6 Å². The Kier molecular flexibility index (Phi) is 7.81. The average Bonchev–Trinajstić information content (AvgIpc) is 3.26. The van der Waals surface area contributed by atoms with Crippen molar-refractivity contribution in [2.75, 3.05) is 0 Å². The summed E-state index contributed by atoms with van der Waals surface area (Å²) in [6, 6.07) is 70.3. The summed E-state index contributed by atoms with van der Waals surface area (Å²) in [6.07, 6.45) is 0. The Balaban J connectivity index is 1.03. The van der Waals surface area contributed by atoms with Crippen molar-refractivity contribution in [2.24, 2.45) is 0 Å². The molecule has 252 valence electrons. The predicted molar refractivity (Wildman–Crippen MR) is 225 cm³/mol. The smallest absolute Gasteiger partial charge is 0.160 e. The molecule has 0 aliphatic heterocycles. The van der Waals surface area contributed by atoms with Crippen LogP contribution in [0.5, 0.6) is 0 Å². The van der Waals surface area contributed by atoms with Gasteiger partial charge in [0.25, 0.3) is 0 Å². The summed E-state index contributed by atoms with van der Waals surface area (Å²) >= 11 is 0. The zero-order valence-corrected chi connectivity index (χ0v) is 29.4. The quantitative estimate of drug-likeness (QED) is 0.163. The number of hydrogen-bond acceptors (Lipinski definition) is 3. The van der Waals surface area contributed by atoms with Gasteiger partial charge in [-0.25, -0.2) is 15.0 Å². The molecule has 10 rings (SSSR count). The van der Waals surface area contributed by atoms with Crippen molar-refractivity contribution < 1.29 is 0 Å². The molecular formula is C51H33N3. The summed E-state index contributed by atoms with van der Waals surface area (Å²) in [7, 11) is 0. The van der Waals surface area contributed by atoms with E-state index in [1.165, 1.54) is 27.1 Å². The van der Waals surface area contributed by atoms with Gasteiger partial charge in [0.15, 0.2) is 5.82 Å². The largest absolute Gasteiger partial charge is 0.247 e. The highest BCUT2D eigenvalue weighted by Gasteiger charge is 2.15. The van der Waals surface area contributed by atoms with E-state index in [2.05, 4.69) is 176 Å². The molecule has 0 saturated heterocycles. The Labute approximate surface area is 313 Å². The van der Waals surface area contributed by atoms with E-state index in [9.17, 15) is 0 Å². The normalized spacial score (nSPS) is 11.3. The third-order valence-corrected chi connectivity index (χ3v) is 10.3. The second-order valence-electron chi connectivity index (χ2n) is 13.6. The third kappa shape index (κ3) is 5.78. The maximum absolute atomic E-state index is 5.21. The second kappa shape index (κ2) is 13.4. The van der Waals surface area contributed by atoms with Gasteiger partial charge in [0.1, 0.15) is 0 Å². The number of hydrogen-bond donors (Lipinski definition) is 0. The zero-order chi connectivity index (χ0) is 35.8. The number of rotatable bonds is 6. The first-order valence-corrected chi connectivity index (χ1v) is 18.3. The molecular weight excluding hydrogens is 655 g/mol. The topological polar surface area (TPSA) is 38.7 Å². The fourth-order valence-corrected chi connectivity index (χ4v) is 7.54. The molecule has 0 radical (unpaired) electrons. The summed E-state index contributed by atoms with van der Waals surface area (Å²) in [6.45, 7) is 0. The van der Waals surface area contributed by atoms with Crippen molar-refractivity contribution in [3.8, 4) is 67.4 Å². The van der Waals surface area contributed by atoms with Crippen LogP contribution in [0.2, 0.25) is 0 Å². The number of nitrogens with zero attached hydrogens (tertiary/aromatic N) is 3. The third-order valence-electron chi connectivity index (χ3n) is 10.3. The van der Waals surface area contributed by atoms with Crippen molar-refractivity contribution in [3.05, 3.63) is 200 Å². The van der Waals surface area contributed by atoms with Crippen LogP contribution in [-0.4, -0.2) is 15.0 Å². The number of aromatic nitrogens is 3. The Morgan fingerprint density at radius 3 is 1.57 bits per heavy atom. The molecule has 0 N–H and O–H groups in total. The van der Waals surface area contributed by atoms with E-state index < -0.39 is 0 Å². The highest BCUT2D eigenvalue weighted by atomic mass is 14.9. The van der Waals surface area contributed by atoms with E-state index in [0.717, 1.165) is 66.9 Å². The molecule has 3 heteroatoms. The number of fused-ring (bicyclic) bond motifs is 5. The lowest BCUT2D eigenvalue weighted by Crippen LogP contribution is -1.96. The first-order valence-electron chi connectivity index (χ1n) is 18.3. The van der Waals surface area contributed by atoms with Crippen molar-refractivity contribution in [2.45, 2.75) is 0 Å². The van der Waals surface area contributed by atoms with E-state index in [-0.39, 0.29) is 0 Å². The highest BCUT2D eigenvalue weighted by molar-refractivity contribution is 6.22. The van der Waals surface area contributed by atoms with Gasteiger partial charge < -0.3 is 0 Å². The fraction of sp³-hybridized carbons (Fsp3) is 0. The van der Waals surface area contributed by atoms with Crippen LogP contribution in [-0.2, 0) is 0 Å². The summed E-state index contributed by atoms with van der Waals surface area (Å²) in [4.78, 5) is 15.4. The van der Waals surface area contributed by atoms with E-state index in [4.69, 9.17) is 15.0 Å². The van der Waals surface area contributed by atoms with Gasteiger partial charge in [-0.1, -0.05) is 182 Å². The molecule has 2 aromatic heterocycles. The van der Waals surface area contributed by atoms with Crippen LogP contribution in [0.3, 0.4) is 0 Å². The number of para-hydroxylation sites is 1. The van der Waals surface area contributed by atoms with Crippen molar-refractivity contribution in [1.82, 2.24) is 15.0 Å². The van der Waals surface area contributed by atoms with Crippen LogP contribution in [0.15, 0.2) is 200 Å². The van der Waals surface area contributed by atoms with E-state index in [1.807, 2.05) is 24.3 Å². The lowest BCUT2D eigenvalue weighted by molar-refractivity contribution is 1.18. The molecule has 0 spiro atoms. The Bertz CT molecular complexity index is 2940. The van der Waals surface area contributed by atoms with E-state index in [1.54, 1.807) is 0 Å². The molecule has 0 saturated carbocycles. The predicted octanol–water partition coefficient (Wildman–Crippen LogP) is 13.3. The number of pyridine rings is 1. The summed E-state index contributed by atoms with van der Waals surface area (Å²) in [5.74, 6) is 0.698. The maximum Gasteiger partial charge on any atom is 0.160 e. The SMILES string of the molecule is c1ccc(-c2ccc(-c3nc(-c4ccccc4)cc(-c4cccc(-c5ccc(-c6nc7ccccc7c7c6ccc6ccccc67)cc5)c4)n3)cc2)cc1. The molecule has 0 aliphatic rings. The van der Waals surface area contributed by atoms with Gasteiger partial charge in [-0.3, -0.25) is 0 Å².